The zero-order chi connectivity index (χ0) is 22.2. The molecule has 2 fully saturated rings. The van der Waals surface area contributed by atoms with Crippen LogP contribution < -0.4 is 10.6 Å². The van der Waals surface area contributed by atoms with E-state index >= 15 is 0 Å². The van der Waals surface area contributed by atoms with Gasteiger partial charge in [0.25, 0.3) is 5.69 Å². The number of aromatic nitrogens is 2. The van der Waals surface area contributed by atoms with Gasteiger partial charge in [-0.25, -0.2) is 4.98 Å². The second-order valence-corrected chi connectivity index (χ2v) is 9.65. The molecule has 9 nitrogen and oxygen atoms in total. The molecule has 0 amide bonds. The van der Waals surface area contributed by atoms with Crippen molar-refractivity contribution in [1.29, 1.82) is 0 Å². The van der Waals surface area contributed by atoms with Crippen LogP contribution in [0.15, 0.2) is 46.9 Å². The van der Waals surface area contributed by atoms with Crippen LogP contribution in [-0.2, 0) is 0 Å². The predicted octanol–water partition coefficient (Wildman–Crippen LogP) is 3.53. The average molecular weight is 422 g/mol. The van der Waals surface area contributed by atoms with E-state index in [-0.39, 0.29) is 16.9 Å². The number of nitrogens with zero attached hydrogens (tertiary/aromatic N) is 6. The predicted molar refractivity (Wildman–Crippen MR) is 120 cm³/mol. The summed E-state index contributed by atoms with van der Waals surface area (Å²) in [4.78, 5) is 22.0. The Morgan fingerprint density at radius 3 is 2.84 bits per heavy atom. The summed E-state index contributed by atoms with van der Waals surface area (Å²) in [5.74, 6) is 0.905. The molecular formula is C22H27N7O2. The first-order valence-corrected chi connectivity index (χ1v) is 10.3. The van der Waals surface area contributed by atoms with Gasteiger partial charge in [0.05, 0.1) is 29.1 Å². The molecule has 2 aromatic rings. The lowest BCUT2D eigenvalue weighted by atomic mass is 9.65. The van der Waals surface area contributed by atoms with E-state index in [4.69, 9.17) is 10.7 Å². The van der Waals surface area contributed by atoms with Crippen LogP contribution >= 0.6 is 0 Å². The van der Waals surface area contributed by atoms with Gasteiger partial charge in [0, 0.05) is 18.7 Å². The standard InChI is InChI=1S/C22H27N7O2/c1-21(2)8-16-9-22(3,13-21)14-28(16)19-12-24-11-17(26-19)20(23)27-25-10-15-6-4-5-7-18(15)29(30)31/h4-7,10-12,16H,8-9,13-14H2,1-3H3,(H2,23,27)/b25-10-. The number of nitrogens with two attached hydrogens (primary N) is 1. The maximum Gasteiger partial charge on any atom is 0.278 e. The van der Waals surface area contributed by atoms with Crippen LogP contribution in [-0.4, -0.2) is 39.5 Å². The number of hydrogen-bond acceptors (Lipinski definition) is 7. The van der Waals surface area contributed by atoms with Crippen molar-refractivity contribution in [2.24, 2.45) is 26.8 Å². The third-order valence-corrected chi connectivity index (χ3v) is 6.09. The van der Waals surface area contributed by atoms with E-state index in [1.807, 2.05) is 0 Å². The molecule has 31 heavy (non-hydrogen) atoms. The maximum atomic E-state index is 11.1. The van der Waals surface area contributed by atoms with Gasteiger partial charge in [-0.3, -0.25) is 15.1 Å². The van der Waals surface area contributed by atoms with Crippen LogP contribution in [0.4, 0.5) is 11.5 Å². The van der Waals surface area contributed by atoms with Crippen molar-refractivity contribution in [3.8, 4) is 0 Å². The number of benzene rings is 1. The zero-order valence-electron chi connectivity index (χ0n) is 18.0. The summed E-state index contributed by atoms with van der Waals surface area (Å²) in [6, 6.07) is 6.75. The average Bonchev–Trinajstić information content (AvgIpc) is 2.97. The molecule has 1 aliphatic carbocycles. The molecular weight excluding hydrogens is 394 g/mol. The zero-order valence-corrected chi connectivity index (χ0v) is 18.0. The third-order valence-electron chi connectivity index (χ3n) is 6.09. The highest BCUT2D eigenvalue weighted by molar-refractivity contribution is 5.96. The van der Waals surface area contributed by atoms with Gasteiger partial charge in [0.2, 0.25) is 0 Å². The number of rotatable bonds is 5. The van der Waals surface area contributed by atoms with E-state index in [9.17, 15) is 10.1 Å². The Morgan fingerprint density at radius 2 is 2.06 bits per heavy atom. The lowest BCUT2D eigenvalue weighted by molar-refractivity contribution is -0.385. The molecule has 0 radical (unpaired) electrons. The van der Waals surface area contributed by atoms with Gasteiger partial charge < -0.3 is 10.6 Å². The van der Waals surface area contributed by atoms with Crippen molar-refractivity contribution < 1.29 is 4.92 Å². The number of nitro groups is 1. The van der Waals surface area contributed by atoms with Crippen molar-refractivity contribution in [3.05, 3.63) is 58.0 Å². The highest BCUT2D eigenvalue weighted by atomic mass is 16.6. The van der Waals surface area contributed by atoms with Gasteiger partial charge in [-0.05, 0) is 36.2 Å². The Kier molecular flexibility index (Phi) is 5.20. The lowest BCUT2D eigenvalue weighted by Gasteiger charge is -2.39. The van der Waals surface area contributed by atoms with E-state index < -0.39 is 4.92 Å². The van der Waals surface area contributed by atoms with E-state index in [0.29, 0.717) is 22.7 Å². The summed E-state index contributed by atoms with van der Waals surface area (Å²) >= 11 is 0. The highest BCUT2D eigenvalue weighted by Gasteiger charge is 2.50. The second kappa shape index (κ2) is 7.72. The normalized spacial score (nSPS) is 25.2. The summed E-state index contributed by atoms with van der Waals surface area (Å²) in [6.07, 6.45) is 8.12. The van der Waals surface area contributed by atoms with Crippen LogP contribution in [0.1, 0.15) is 51.3 Å². The molecule has 2 heterocycles. The fourth-order valence-corrected chi connectivity index (χ4v) is 5.31. The van der Waals surface area contributed by atoms with Crippen LogP contribution in [0.5, 0.6) is 0 Å². The fourth-order valence-electron chi connectivity index (χ4n) is 5.31. The van der Waals surface area contributed by atoms with Crippen molar-refractivity contribution in [2.75, 3.05) is 11.4 Å². The summed E-state index contributed by atoms with van der Waals surface area (Å²) in [5.41, 5.74) is 7.41. The number of fused-ring (bicyclic) bond motifs is 2. The van der Waals surface area contributed by atoms with Crippen molar-refractivity contribution in [1.82, 2.24) is 9.97 Å². The van der Waals surface area contributed by atoms with Crippen LogP contribution in [0, 0.1) is 20.9 Å². The monoisotopic (exact) mass is 421 g/mol. The number of nitro benzene ring substituents is 1. The third kappa shape index (κ3) is 4.40. The number of amidine groups is 1. The fraction of sp³-hybridized carbons (Fsp3) is 0.455. The van der Waals surface area contributed by atoms with Crippen molar-refractivity contribution in [3.63, 3.8) is 0 Å². The Bertz CT molecular complexity index is 1070. The van der Waals surface area contributed by atoms with Crippen molar-refractivity contribution >= 4 is 23.6 Å². The molecule has 1 saturated carbocycles. The van der Waals surface area contributed by atoms with Gasteiger partial charge in [-0.2, -0.15) is 5.10 Å². The molecule has 1 aromatic carbocycles. The Morgan fingerprint density at radius 1 is 1.29 bits per heavy atom. The Hall–Kier alpha value is -3.36. The van der Waals surface area contributed by atoms with E-state index in [2.05, 4.69) is 40.9 Å². The lowest BCUT2D eigenvalue weighted by Crippen LogP contribution is -2.35. The number of hydrogen-bond donors (Lipinski definition) is 1. The molecule has 4 rings (SSSR count). The van der Waals surface area contributed by atoms with Crippen LogP contribution in [0.25, 0.3) is 0 Å². The Balaban J connectivity index is 1.54. The Labute approximate surface area is 181 Å². The minimum absolute atomic E-state index is 0.0432. The SMILES string of the molecule is CC1(C)CC2CC(C)(CN2c2cncc(/C(N)=N\N=C/c3ccccc3[N+](=O)[O-])n2)C1. The number of para-hydroxylation sites is 1. The molecule has 2 N–H and O–H groups in total. The van der Waals surface area contributed by atoms with E-state index in [0.717, 1.165) is 25.2 Å². The molecule has 9 heteroatoms. The maximum absolute atomic E-state index is 11.1. The summed E-state index contributed by atoms with van der Waals surface area (Å²) in [7, 11) is 0. The molecule has 2 bridgehead atoms. The molecule has 1 aromatic heterocycles. The van der Waals surface area contributed by atoms with E-state index in [1.54, 1.807) is 30.6 Å². The summed E-state index contributed by atoms with van der Waals surface area (Å²) < 4.78 is 0. The molecule has 0 spiro atoms. The quantitative estimate of drug-likeness (QED) is 0.341. The molecule has 2 atom stereocenters. The minimum atomic E-state index is -0.461. The molecule has 162 valence electrons. The van der Waals surface area contributed by atoms with Crippen LogP contribution in [0.2, 0.25) is 0 Å². The largest absolute Gasteiger partial charge is 0.380 e. The molecule has 2 unspecified atom stereocenters. The topological polar surface area (TPSA) is 123 Å². The summed E-state index contributed by atoms with van der Waals surface area (Å²) in [5, 5.41) is 19.0. The second-order valence-electron chi connectivity index (χ2n) is 9.65. The smallest absolute Gasteiger partial charge is 0.278 e. The molecule has 1 saturated heterocycles. The minimum Gasteiger partial charge on any atom is -0.380 e. The van der Waals surface area contributed by atoms with Crippen LogP contribution in [0.3, 0.4) is 0 Å². The first-order chi connectivity index (χ1) is 14.7. The van der Waals surface area contributed by atoms with E-state index in [1.165, 1.54) is 18.7 Å². The highest BCUT2D eigenvalue weighted by Crippen LogP contribution is 2.53. The first kappa shape index (κ1) is 20.9. The first-order valence-electron chi connectivity index (χ1n) is 10.3. The van der Waals surface area contributed by atoms with Crippen molar-refractivity contribution in [2.45, 2.75) is 46.1 Å². The van der Waals surface area contributed by atoms with Gasteiger partial charge in [-0.1, -0.05) is 32.9 Å². The summed E-state index contributed by atoms with van der Waals surface area (Å²) in [6.45, 7) is 7.98. The van der Waals surface area contributed by atoms with Gasteiger partial charge in [0.15, 0.2) is 5.84 Å². The number of anilines is 1. The van der Waals surface area contributed by atoms with Gasteiger partial charge in [0.1, 0.15) is 11.5 Å². The molecule has 2 aliphatic rings. The molecule has 1 aliphatic heterocycles. The van der Waals surface area contributed by atoms with Gasteiger partial charge >= 0.3 is 0 Å². The van der Waals surface area contributed by atoms with Gasteiger partial charge in [-0.15, -0.1) is 5.10 Å².